The van der Waals surface area contributed by atoms with Crippen LogP contribution in [0.15, 0.2) is 61.2 Å². The Morgan fingerprint density at radius 1 is 1.10 bits per heavy atom. The van der Waals surface area contributed by atoms with E-state index in [1.807, 2.05) is 0 Å². The normalized spacial score (nSPS) is 21.0. The number of imidazole rings is 1. The van der Waals surface area contributed by atoms with Gasteiger partial charge < -0.3 is 35.8 Å². The molecule has 0 saturated carbocycles. The number of carbonyl (C=O) groups excluding carboxylic acids is 1. The minimum absolute atomic E-state index is 0.0140. The molecule has 0 unspecified atom stereocenters. The van der Waals surface area contributed by atoms with Gasteiger partial charge in [-0.15, -0.1) is 0 Å². The summed E-state index contributed by atoms with van der Waals surface area (Å²) in [7, 11) is 1.69. The quantitative estimate of drug-likeness (QED) is 0.151. The minimum atomic E-state index is -1.28. The van der Waals surface area contributed by atoms with Gasteiger partial charge in [0.2, 0.25) is 0 Å². The number of aromatic hydroxyl groups is 2. The van der Waals surface area contributed by atoms with Crippen LogP contribution in [-0.4, -0.2) is 77.8 Å². The van der Waals surface area contributed by atoms with Gasteiger partial charge in [0.25, 0.3) is 5.91 Å². The van der Waals surface area contributed by atoms with E-state index >= 15 is 0 Å². The molecular formula is C26H25FN6O6. The number of nitrogens with one attached hydrogen (secondary N) is 2. The van der Waals surface area contributed by atoms with Crippen molar-refractivity contribution in [2.24, 2.45) is 0 Å². The summed E-state index contributed by atoms with van der Waals surface area (Å²) in [5.74, 6) is -1.70. The van der Waals surface area contributed by atoms with E-state index in [4.69, 9.17) is 4.74 Å². The number of aliphatic hydroxyl groups is 2. The number of phenols is 2. The van der Waals surface area contributed by atoms with Crippen LogP contribution >= 0.6 is 0 Å². The van der Waals surface area contributed by atoms with Crippen molar-refractivity contribution in [2.75, 3.05) is 18.9 Å². The largest absolute Gasteiger partial charge is 0.504 e. The van der Waals surface area contributed by atoms with Crippen LogP contribution in [0.25, 0.3) is 22.3 Å². The fourth-order valence-corrected chi connectivity index (χ4v) is 4.35. The molecule has 1 fully saturated rings. The highest BCUT2D eigenvalue weighted by molar-refractivity contribution is 5.99. The van der Waals surface area contributed by atoms with Crippen LogP contribution < -0.4 is 10.6 Å². The van der Waals surface area contributed by atoms with Gasteiger partial charge in [-0.2, -0.15) is 0 Å². The fourth-order valence-electron chi connectivity index (χ4n) is 4.35. The minimum Gasteiger partial charge on any atom is -0.504 e. The molecule has 0 spiro atoms. The topological polar surface area (TPSA) is 175 Å². The monoisotopic (exact) mass is 536 g/mol. The van der Waals surface area contributed by atoms with E-state index in [2.05, 4.69) is 25.6 Å². The number of halogens is 1. The smallest absolute Gasteiger partial charge is 0.255 e. The molecule has 0 bridgehead atoms. The van der Waals surface area contributed by atoms with Crippen molar-refractivity contribution < 1.29 is 34.3 Å². The number of amides is 1. The standard InChI is InChI=1S/C26H25FN6O6/c1-28-23-19-24(31-11-30-23)33(12-32-19)26-22(37)21(36)18(39-26)3-2-8-29-25(38)16-9-14(10-17(34)20(16)35)13-4-6-15(27)7-5-13/h2-7,9-12,18,21-22,26,34-37H,8H2,1H3,(H,29,38)(H,28,30,31)/b3-2+/t18-,21-,22-,26-/m1/s1. The number of aromatic nitrogens is 4. The second-order valence-electron chi connectivity index (χ2n) is 8.81. The molecule has 4 aromatic rings. The molecule has 2 aromatic heterocycles. The number of carbonyl (C=O) groups is 1. The Bertz CT molecular complexity index is 1540. The molecule has 0 aliphatic carbocycles. The number of hydrogen-bond donors (Lipinski definition) is 6. The van der Waals surface area contributed by atoms with Gasteiger partial charge >= 0.3 is 0 Å². The molecule has 1 amide bonds. The third kappa shape index (κ3) is 4.97. The average molecular weight is 537 g/mol. The summed E-state index contributed by atoms with van der Waals surface area (Å²) in [5, 5.41) is 47.0. The first-order valence-corrected chi connectivity index (χ1v) is 11.9. The lowest BCUT2D eigenvalue weighted by molar-refractivity contribution is -0.0245. The van der Waals surface area contributed by atoms with Gasteiger partial charge in [-0.1, -0.05) is 24.3 Å². The third-order valence-corrected chi connectivity index (χ3v) is 6.36. The van der Waals surface area contributed by atoms with Crippen molar-refractivity contribution in [1.29, 1.82) is 0 Å². The summed E-state index contributed by atoms with van der Waals surface area (Å²) in [6, 6.07) is 8.11. The molecule has 202 valence electrons. The van der Waals surface area contributed by atoms with E-state index in [0.29, 0.717) is 28.1 Å². The van der Waals surface area contributed by atoms with Gasteiger partial charge in [-0.05, 0) is 35.4 Å². The van der Waals surface area contributed by atoms with Gasteiger partial charge in [0, 0.05) is 13.6 Å². The van der Waals surface area contributed by atoms with E-state index in [9.17, 15) is 29.6 Å². The Kier molecular flexibility index (Phi) is 7.11. The predicted molar refractivity (Wildman–Crippen MR) is 137 cm³/mol. The maximum Gasteiger partial charge on any atom is 0.255 e. The molecule has 5 rings (SSSR count). The van der Waals surface area contributed by atoms with Crippen molar-refractivity contribution in [3.63, 3.8) is 0 Å². The Balaban J connectivity index is 1.26. The van der Waals surface area contributed by atoms with Crippen LogP contribution in [0, 0.1) is 5.82 Å². The number of nitrogens with zero attached hydrogens (tertiary/aromatic N) is 4. The number of fused-ring (bicyclic) bond motifs is 1. The maximum absolute atomic E-state index is 13.3. The van der Waals surface area contributed by atoms with Gasteiger partial charge in [0.15, 0.2) is 29.2 Å². The molecule has 3 heterocycles. The summed E-state index contributed by atoms with van der Waals surface area (Å²) < 4.78 is 20.6. The number of aliphatic hydroxyl groups excluding tert-OH is 2. The van der Waals surface area contributed by atoms with Crippen LogP contribution in [-0.2, 0) is 4.74 Å². The molecule has 39 heavy (non-hydrogen) atoms. The second kappa shape index (κ2) is 10.6. The molecule has 6 N–H and O–H groups in total. The molecule has 13 heteroatoms. The average Bonchev–Trinajstić information content (AvgIpc) is 3.49. The highest BCUT2D eigenvalue weighted by atomic mass is 19.1. The molecule has 1 saturated heterocycles. The zero-order chi connectivity index (χ0) is 27.7. The lowest BCUT2D eigenvalue weighted by Crippen LogP contribution is -2.31. The Morgan fingerprint density at radius 2 is 1.87 bits per heavy atom. The first-order chi connectivity index (χ1) is 18.8. The number of hydrogen-bond acceptors (Lipinski definition) is 10. The number of benzene rings is 2. The third-order valence-electron chi connectivity index (χ3n) is 6.36. The number of rotatable bonds is 7. The highest BCUT2D eigenvalue weighted by Gasteiger charge is 2.43. The van der Waals surface area contributed by atoms with Gasteiger partial charge in [-0.25, -0.2) is 19.3 Å². The predicted octanol–water partition coefficient (Wildman–Crippen LogP) is 1.69. The lowest BCUT2D eigenvalue weighted by Gasteiger charge is -2.16. The maximum atomic E-state index is 13.3. The molecule has 1 aliphatic heterocycles. The number of phenolic OH excluding ortho intramolecular Hbond substituents is 2. The molecule has 4 atom stereocenters. The lowest BCUT2D eigenvalue weighted by atomic mass is 10.0. The van der Waals surface area contributed by atoms with Gasteiger partial charge in [0.05, 0.1) is 11.9 Å². The van der Waals surface area contributed by atoms with Crippen LogP contribution in [0.5, 0.6) is 11.5 Å². The number of ether oxygens (including phenoxy) is 1. The molecule has 1 aliphatic rings. The van der Waals surface area contributed by atoms with E-state index in [0.717, 1.165) is 0 Å². The fraction of sp³-hybridized carbons (Fsp3) is 0.231. The molecule has 12 nitrogen and oxygen atoms in total. The Morgan fingerprint density at radius 3 is 2.62 bits per heavy atom. The molecule has 0 radical (unpaired) electrons. The van der Waals surface area contributed by atoms with E-state index in [-0.39, 0.29) is 12.1 Å². The van der Waals surface area contributed by atoms with Crippen molar-refractivity contribution >= 4 is 22.9 Å². The van der Waals surface area contributed by atoms with Gasteiger partial charge in [0.1, 0.15) is 36.0 Å². The summed E-state index contributed by atoms with van der Waals surface area (Å²) in [5.41, 5.74) is 1.66. The highest BCUT2D eigenvalue weighted by Crippen LogP contribution is 2.35. The number of anilines is 1. The van der Waals surface area contributed by atoms with Crippen LogP contribution in [0.1, 0.15) is 16.6 Å². The zero-order valence-corrected chi connectivity index (χ0v) is 20.6. The van der Waals surface area contributed by atoms with E-state index in [1.165, 1.54) is 65.8 Å². The van der Waals surface area contributed by atoms with Crippen LogP contribution in [0.3, 0.4) is 0 Å². The van der Waals surface area contributed by atoms with Crippen molar-refractivity contribution in [2.45, 2.75) is 24.5 Å². The zero-order valence-electron chi connectivity index (χ0n) is 20.6. The first-order valence-electron chi connectivity index (χ1n) is 11.9. The van der Waals surface area contributed by atoms with Crippen molar-refractivity contribution in [1.82, 2.24) is 24.8 Å². The summed E-state index contributed by atoms with van der Waals surface area (Å²) in [4.78, 5) is 25.3. The summed E-state index contributed by atoms with van der Waals surface area (Å²) in [6.45, 7) is -0.0140. The second-order valence-corrected chi connectivity index (χ2v) is 8.81. The Hall–Kier alpha value is -4.59. The molecular weight excluding hydrogens is 511 g/mol. The van der Waals surface area contributed by atoms with E-state index < -0.39 is 47.8 Å². The molecule has 2 aromatic carbocycles. The van der Waals surface area contributed by atoms with Crippen LogP contribution in [0.4, 0.5) is 10.2 Å². The van der Waals surface area contributed by atoms with Crippen molar-refractivity contribution in [3.8, 4) is 22.6 Å². The first kappa shape index (κ1) is 26.0. The van der Waals surface area contributed by atoms with Crippen LogP contribution in [0.2, 0.25) is 0 Å². The summed E-state index contributed by atoms with van der Waals surface area (Å²) in [6.07, 6.45) is 1.38. The van der Waals surface area contributed by atoms with Crippen molar-refractivity contribution in [3.05, 3.63) is 72.6 Å². The van der Waals surface area contributed by atoms with Gasteiger partial charge in [-0.3, -0.25) is 9.36 Å². The SMILES string of the molecule is CNc1ncnc2c1ncn2[C@@H]1O[C@H](/C=C/CNC(=O)c2cc(-c3ccc(F)cc3)cc(O)c2O)[C@@H](O)[C@H]1O. The van der Waals surface area contributed by atoms with E-state index in [1.54, 1.807) is 7.05 Å². The Labute approximate surface area is 221 Å². The summed E-state index contributed by atoms with van der Waals surface area (Å²) >= 11 is 0.